The Morgan fingerprint density at radius 2 is 1.93 bits per heavy atom. The van der Waals surface area contributed by atoms with Crippen LogP contribution in [0.15, 0.2) is 46.6 Å². The molecule has 27 heavy (non-hydrogen) atoms. The molecule has 0 spiro atoms. The van der Waals surface area contributed by atoms with Gasteiger partial charge in [0.15, 0.2) is 0 Å². The number of hydrogen-bond acceptors (Lipinski definition) is 5. The van der Waals surface area contributed by atoms with Crippen molar-refractivity contribution in [2.75, 3.05) is 18.5 Å². The highest BCUT2D eigenvalue weighted by molar-refractivity contribution is 6.23. The van der Waals surface area contributed by atoms with E-state index in [9.17, 15) is 0 Å². The Hall–Kier alpha value is -2.40. The lowest BCUT2D eigenvalue weighted by molar-refractivity contribution is 0.311. The monoisotopic (exact) mass is 368 g/mol. The molecule has 0 heterocycles. The van der Waals surface area contributed by atoms with Gasteiger partial charge in [-0.25, -0.2) is 4.99 Å². The van der Waals surface area contributed by atoms with Gasteiger partial charge in [0.25, 0.3) is 0 Å². The molecule has 1 aromatic carbocycles. The molecule has 1 aliphatic rings. The molecule has 0 unspecified atom stereocenters. The number of allylic oxidation sites excluding steroid dienone is 3. The molecule has 1 aliphatic carbocycles. The number of aliphatic hydroxyl groups is 1. The van der Waals surface area contributed by atoms with Crippen molar-refractivity contribution in [1.82, 2.24) is 0 Å². The van der Waals surface area contributed by atoms with Gasteiger partial charge in [-0.1, -0.05) is 32.6 Å². The molecule has 0 atom stereocenters. The molecule has 0 amide bonds. The van der Waals surface area contributed by atoms with E-state index >= 15 is 0 Å². The average molecular weight is 369 g/mol. The van der Waals surface area contributed by atoms with E-state index in [1.165, 1.54) is 25.7 Å². The van der Waals surface area contributed by atoms with E-state index in [1.807, 2.05) is 31.2 Å². The average Bonchev–Trinajstić information content (AvgIpc) is 2.65. The fraction of sp³-hybridized carbons (Fsp3) is 0.455. The predicted molar refractivity (Wildman–Crippen MR) is 115 cm³/mol. The second-order valence-electron chi connectivity index (χ2n) is 7.00. The Morgan fingerprint density at radius 3 is 2.63 bits per heavy atom. The van der Waals surface area contributed by atoms with Crippen LogP contribution in [-0.2, 0) is 0 Å². The number of aliphatic hydroxyl groups excluding tert-OH is 1. The Bertz CT molecular complexity index is 747. The maximum Gasteiger partial charge on any atom is 0.0870 e. The molecule has 0 saturated heterocycles. The van der Waals surface area contributed by atoms with Crippen LogP contribution in [0.2, 0.25) is 0 Å². The molecule has 0 aromatic heterocycles. The molecular formula is C22H32N4O. The largest absolute Gasteiger partial charge is 0.397 e. The second kappa shape index (κ2) is 10.7. The molecule has 1 aromatic rings. The summed E-state index contributed by atoms with van der Waals surface area (Å²) in [6, 6.07) is 5.91. The summed E-state index contributed by atoms with van der Waals surface area (Å²) in [6.07, 6.45) is 10.6. The van der Waals surface area contributed by atoms with E-state index in [2.05, 4.69) is 12.2 Å². The van der Waals surface area contributed by atoms with Crippen LogP contribution in [0.25, 0.3) is 0 Å². The van der Waals surface area contributed by atoms with Crippen LogP contribution in [0, 0.1) is 12.3 Å². The van der Waals surface area contributed by atoms with Crippen molar-refractivity contribution in [3.63, 3.8) is 0 Å². The number of aryl methyl sites for hydroxylation is 1. The lowest BCUT2D eigenvalue weighted by Crippen LogP contribution is -2.18. The van der Waals surface area contributed by atoms with E-state index in [0.29, 0.717) is 18.0 Å². The van der Waals surface area contributed by atoms with Crippen LogP contribution >= 0.6 is 0 Å². The quantitative estimate of drug-likeness (QED) is 0.358. The molecule has 0 aliphatic heterocycles. The maximum atomic E-state index is 8.92. The van der Waals surface area contributed by atoms with Crippen molar-refractivity contribution in [2.24, 2.45) is 10.7 Å². The summed E-state index contributed by atoms with van der Waals surface area (Å²) in [6.45, 7) is 4.84. The van der Waals surface area contributed by atoms with Crippen LogP contribution in [0.4, 0.5) is 11.4 Å². The number of benzene rings is 1. The zero-order chi connectivity index (χ0) is 19.6. The van der Waals surface area contributed by atoms with Crippen molar-refractivity contribution in [3.8, 4) is 0 Å². The number of aliphatic imine (C=N–C) groups is 1. The van der Waals surface area contributed by atoms with Crippen LogP contribution in [0.1, 0.15) is 51.0 Å². The lowest BCUT2D eigenvalue weighted by atomic mass is 9.95. The van der Waals surface area contributed by atoms with Gasteiger partial charge in [-0.05, 0) is 61.3 Å². The van der Waals surface area contributed by atoms with Crippen molar-refractivity contribution < 1.29 is 5.11 Å². The van der Waals surface area contributed by atoms with Crippen LogP contribution in [-0.4, -0.2) is 29.7 Å². The fourth-order valence-electron chi connectivity index (χ4n) is 3.09. The summed E-state index contributed by atoms with van der Waals surface area (Å²) >= 11 is 0. The van der Waals surface area contributed by atoms with Gasteiger partial charge in [-0.3, -0.25) is 0 Å². The third kappa shape index (κ3) is 6.36. The highest BCUT2D eigenvalue weighted by Crippen LogP contribution is 2.25. The highest BCUT2D eigenvalue weighted by Gasteiger charge is 2.14. The number of unbranched alkanes of at least 4 members (excludes halogenated alkanes) is 4. The number of hydrogen-bond donors (Lipinski definition) is 4. The Kier molecular flexibility index (Phi) is 8.27. The van der Waals surface area contributed by atoms with Crippen molar-refractivity contribution in [1.29, 1.82) is 5.41 Å². The third-order valence-corrected chi connectivity index (χ3v) is 4.68. The van der Waals surface area contributed by atoms with Crippen molar-refractivity contribution >= 4 is 22.8 Å². The first kappa shape index (κ1) is 20.9. The van der Waals surface area contributed by atoms with Gasteiger partial charge in [0.1, 0.15) is 0 Å². The Labute approximate surface area is 162 Å². The van der Waals surface area contributed by atoms with Gasteiger partial charge in [0.2, 0.25) is 0 Å². The summed E-state index contributed by atoms with van der Waals surface area (Å²) in [7, 11) is 0. The van der Waals surface area contributed by atoms with Gasteiger partial charge in [0.05, 0.1) is 29.4 Å². The normalized spacial score (nSPS) is 15.7. The molecule has 146 valence electrons. The van der Waals surface area contributed by atoms with Crippen molar-refractivity contribution in [2.45, 2.75) is 52.4 Å². The van der Waals surface area contributed by atoms with Crippen LogP contribution < -0.4 is 11.1 Å². The van der Waals surface area contributed by atoms with E-state index < -0.39 is 0 Å². The molecule has 0 saturated carbocycles. The minimum Gasteiger partial charge on any atom is -0.397 e. The minimum absolute atomic E-state index is 0.0996. The van der Waals surface area contributed by atoms with Crippen LogP contribution in [0.3, 0.4) is 0 Å². The molecule has 0 radical (unpaired) electrons. The number of anilines is 1. The molecule has 0 fully saturated rings. The van der Waals surface area contributed by atoms with Gasteiger partial charge in [-0.15, -0.1) is 0 Å². The molecule has 5 heteroatoms. The fourth-order valence-corrected chi connectivity index (χ4v) is 3.09. The Morgan fingerprint density at radius 1 is 1.15 bits per heavy atom. The van der Waals surface area contributed by atoms with Crippen LogP contribution in [0.5, 0.6) is 0 Å². The number of rotatable bonds is 10. The van der Waals surface area contributed by atoms with E-state index in [0.717, 1.165) is 41.1 Å². The van der Waals surface area contributed by atoms with E-state index in [4.69, 9.17) is 21.2 Å². The first-order valence-corrected chi connectivity index (χ1v) is 9.86. The van der Waals surface area contributed by atoms with Crippen molar-refractivity contribution in [3.05, 3.63) is 47.2 Å². The predicted octanol–water partition coefficient (Wildman–Crippen LogP) is 4.63. The SMILES string of the molecule is CCCCCCCC1=C/C(=N/c2ccc(NCCO)cc2C)C(N)=CC1=N. The summed E-state index contributed by atoms with van der Waals surface area (Å²) in [5.74, 6) is 0. The first-order valence-electron chi connectivity index (χ1n) is 9.86. The molecule has 0 bridgehead atoms. The number of nitrogens with one attached hydrogen (secondary N) is 2. The lowest BCUT2D eigenvalue weighted by Gasteiger charge is -2.15. The van der Waals surface area contributed by atoms with E-state index in [-0.39, 0.29) is 6.61 Å². The highest BCUT2D eigenvalue weighted by atomic mass is 16.3. The molecule has 2 rings (SSSR count). The maximum absolute atomic E-state index is 8.92. The Balaban J connectivity index is 2.12. The molecular weight excluding hydrogens is 336 g/mol. The first-order chi connectivity index (χ1) is 13.0. The van der Waals surface area contributed by atoms with Gasteiger partial charge < -0.3 is 21.6 Å². The van der Waals surface area contributed by atoms with E-state index in [1.54, 1.807) is 6.08 Å². The van der Waals surface area contributed by atoms with Gasteiger partial charge in [0, 0.05) is 12.2 Å². The summed E-state index contributed by atoms with van der Waals surface area (Å²) in [5, 5.41) is 20.3. The minimum atomic E-state index is 0.0996. The molecule has 5 nitrogen and oxygen atoms in total. The second-order valence-corrected chi connectivity index (χ2v) is 7.00. The standard InChI is InChI=1S/C22H32N4O/c1-3-4-5-6-7-8-17-14-22(20(24)15-19(17)23)26-21-10-9-18(13-16(21)2)25-11-12-27/h9-10,13-15,23,25,27H,3-8,11-12,24H2,1-2H3/b23-19?,26-22-. The zero-order valence-corrected chi connectivity index (χ0v) is 16.5. The third-order valence-electron chi connectivity index (χ3n) is 4.68. The zero-order valence-electron chi connectivity index (χ0n) is 16.5. The summed E-state index contributed by atoms with van der Waals surface area (Å²) in [5.41, 5.74) is 11.8. The smallest absolute Gasteiger partial charge is 0.0870 e. The van der Waals surface area contributed by atoms with Gasteiger partial charge >= 0.3 is 0 Å². The number of nitrogens with two attached hydrogens (primary N) is 1. The summed E-state index contributed by atoms with van der Waals surface area (Å²) in [4.78, 5) is 4.74. The molecule has 5 N–H and O–H groups in total. The summed E-state index contributed by atoms with van der Waals surface area (Å²) < 4.78 is 0. The number of nitrogens with zero attached hydrogens (tertiary/aromatic N) is 1. The topological polar surface area (TPSA) is 94.5 Å². The van der Waals surface area contributed by atoms with Gasteiger partial charge in [-0.2, -0.15) is 0 Å².